The topological polar surface area (TPSA) is 46.2 Å². The van der Waals surface area contributed by atoms with Crippen LogP contribution in [-0.2, 0) is 9.84 Å². The van der Waals surface area contributed by atoms with Gasteiger partial charge >= 0.3 is 0 Å². The zero-order chi connectivity index (χ0) is 13.0. The second kappa shape index (κ2) is 6.04. The van der Waals surface area contributed by atoms with Gasteiger partial charge in [0.1, 0.15) is 0 Å². The van der Waals surface area contributed by atoms with Crippen molar-refractivity contribution in [3.05, 3.63) is 29.3 Å². The van der Waals surface area contributed by atoms with Crippen molar-refractivity contribution in [3.8, 4) is 0 Å². The van der Waals surface area contributed by atoms with Crippen LogP contribution in [-0.4, -0.2) is 27.3 Å². The smallest absolute Gasteiger partial charge is 0.178 e. The minimum absolute atomic E-state index is 0.235. The Kier molecular flexibility index (Phi) is 4.65. The highest BCUT2D eigenvalue weighted by atomic mass is 35.5. The van der Waals surface area contributed by atoms with Gasteiger partial charge in [-0.1, -0.05) is 11.6 Å². The van der Waals surface area contributed by atoms with E-state index in [1.165, 1.54) is 0 Å². The Morgan fingerprint density at radius 1 is 1.17 bits per heavy atom. The molecule has 5 heteroatoms. The molecule has 1 aromatic rings. The van der Waals surface area contributed by atoms with Crippen LogP contribution in [0.5, 0.6) is 0 Å². The van der Waals surface area contributed by atoms with Gasteiger partial charge in [0.05, 0.1) is 10.6 Å². The first-order chi connectivity index (χ1) is 8.58. The van der Waals surface area contributed by atoms with Crippen molar-refractivity contribution in [2.75, 3.05) is 18.8 Å². The number of hydrogen-bond donors (Lipinski definition) is 1. The van der Waals surface area contributed by atoms with Gasteiger partial charge in [-0.15, -0.1) is 0 Å². The lowest BCUT2D eigenvalue weighted by atomic mass is 9.96. The van der Waals surface area contributed by atoms with Gasteiger partial charge in [-0.05, 0) is 62.5 Å². The molecule has 0 aromatic heterocycles. The summed E-state index contributed by atoms with van der Waals surface area (Å²) in [6.07, 6.45) is 2.92. The van der Waals surface area contributed by atoms with E-state index >= 15 is 0 Å². The Morgan fingerprint density at radius 3 is 2.39 bits per heavy atom. The van der Waals surface area contributed by atoms with Crippen LogP contribution in [0, 0.1) is 5.92 Å². The first-order valence-corrected chi connectivity index (χ1v) is 8.30. The number of benzene rings is 1. The molecule has 1 aliphatic rings. The Hall–Kier alpha value is -0.580. The van der Waals surface area contributed by atoms with Gasteiger partial charge in [0.2, 0.25) is 0 Å². The summed E-state index contributed by atoms with van der Waals surface area (Å²) in [4.78, 5) is 0.376. The Morgan fingerprint density at radius 2 is 1.78 bits per heavy atom. The molecule has 1 heterocycles. The molecule has 0 amide bonds. The van der Waals surface area contributed by atoms with Gasteiger partial charge in [0.25, 0.3) is 0 Å². The van der Waals surface area contributed by atoms with Crippen molar-refractivity contribution < 1.29 is 8.42 Å². The van der Waals surface area contributed by atoms with Crippen molar-refractivity contribution in [2.24, 2.45) is 5.92 Å². The van der Waals surface area contributed by atoms with Crippen LogP contribution in [0.4, 0.5) is 0 Å². The molecule has 1 aromatic carbocycles. The number of halogens is 1. The van der Waals surface area contributed by atoms with Gasteiger partial charge in [0, 0.05) is 5.02 Å². The van der Waals surface area contributed by atoms with Crippen LogP contribution in [0.15, 0.2) is 29.2 Å². The van der Waals surface area contributed by atoms with Gasteiger partial charge in [-0.25, -0.2) is 8.42 Å². The van der Waals surface area contributed by atoms with Gasteiger partial charge in [-0.3, -0.25) is 0 Å². The standard InChI is InChI=1S/C13H18ClNO2S/c14-12-1-3-13(4-2-12)18(16,17)10-7-11-5-8-15-9-6-11/h1-4,11,15H,5-10H2. The molecule has 0 unspecified atom stereocenters. The van der Waals surface area contributed by atoms with E-state index in [-0.39, 0.29) is 5.75 Å². The number of hydrogen-bond acceptors (Lipinski definition) is 3. The fourth-order valence-electron chi connectivity index (χ4n) is 2.25. The predicted molar refractivity (Wildman–Crippen MR) is 73.7 cm³/mol. The average Bonchev–Trinajstić information content (AvgIpc) is 2.38. The van der Waals surface area contributed by atoms with Crippen LogP contribution in [0.25, 0.3) is 0 Å². The quantitative estimate of drug-likeness (QED) is 0.925. The molecule has 0 saturated carbocycles. The zero-order valence-corrected chi connectivity index (χ0v) is 11.8. The molecule has 1 N–H and O–H groups in total. The largest absolute Gasteiger partial charge is 0.317 e. The second-order valence-electron chi connectivity index (χ2n) is 4.75. The summed E-state index contributed by atoms with van der Waals surface area (Å²) >= 11 is 5.76. The summed E-state index contributed by atoms with van der Waals surface area (Å²) in [5.41, 5.74) is 0. The Labute approximate surface area is 113 Å². The molecular formula is C13H18ClNO2S. The van der Waals surface area contributed by atoms with Crippen LogP contribution in [0.2, 0.25) is 5.02 Å². The second-order valence-corrected chi connectivity index (χ2v) is 7.30. The first-order valence-electron chi connectivity index (χ1n) is 6.27. The van der Waals surface area contributed by atoms with Crippen molar-refractivity contribution in [2.45, 2.75) is 24.2 Å². The maximum Gasteiger partial charge on any atom is 0.178 e. The maximum atomic E-state index is 12.1. The molecule has 1 fully saturated rings. The third kappa shape index (κ3) is 3.70. The highest BCUT2D eigenvalue weighted by molar-refractivity contribution is 7.91. The molecule has 1 aliphatic heterocycles. The van der Waals surface area contributed by atoms with E-state index in [4.69, 9.17) is 11.6 Å². The highest BCUT2D eigenvalue weighted by Gasteiger charge is 2.19. The normalized spacial score (nSPS) is 17.8. The zero-order valence-electron chi connectivity index (χ0n) is 10.2. The highest BCUT2D eigenvalue weighted by Crippen LogP contribution is 2.21. The first kappa shape index (κ1) is 13.8. The molecule has 100 valence electrons. The van der Waals surface area contributed by atoms with Crippen molar-refractivity contribution in [1.82, 2.24) is 5.32 Å². The van der Waals surface area contributed by atoms with E-state index in [1.54, 1.807) is 24.3 Å². The molecule has 18 heavy (non-hydrogen) atoms. The molecule has 2 rings (SSSR count). The van der Waals surface area contributed by atoms with E-state index < -0.39 is 9.84 Å². The van der Waals surface area contributed by atoms with Crippen LogP contribution in [0.3, 0.4) is 0 Å². The van der Waals surface area contributed by atoms with Gasteiger partial charge in [-0.2, -0.15) is 0 Å². The monoisotopic (exact) mass is 287 g/mol. The molecule has 0 aliphatic carbocycles. The van der Waals surface area contributed by atoms with E-state index in [0.29, 0.717) is 15.8 Å². The summed E-state index contributed by atoms with van der Waals surface area (Å²) in [6.45, 7) is 2.01. The predicted octanol–water partition coefficient (Wildman–Crippen LogP) is 2.50. The fourth-order valence-corrected chi connectivity index (χ4v) is 3.81. The van der Waals surface area contributed by atoms with E-state index in [0.717, 1.165) is 32.4 Å². The summed E-state index contributed by atoms with van der Waals surface area (Å²) in [6, 6.07) is 6.41. The Balaban J connectivity index is 1.96. The minimum Gasteiger partial charge on any atom is -0.317 e. The number of piperidine rings is 1. The summed E-state index contributed by atoms with van der Waals surface area (Å²) in [5, 5.41) is 3.85. The van der Waals surface area contributed by atoms with Crippen molar-refractivity contribution in [1.29, 1.82) is 0 Å². The number of nitrogens with one attached hydrogen (secondary N) is 1. The molecule has 0 bridgehead atoms. The fraction of sp³-hybridized carbons (Fsp3) is 0.538. The molecule has 0 atom stereocenters. The molecular weight excluding hydrogens is 270 g/mol. The van der Waals surface area contributed by atoms with Crippen LogP contribution in [0.1, 0.15) is 19.3 Å². The number of rotatable bonds is 4. The third-order valence-electron chi connectivity index (χ3n) is 3.43. The summed E-state index contributed by atoms with van der Waals surface area (Å²) in [5.74, 6) is 0.771. The van der Waals surface area contributed by atoms with E-state index in [9.17, 15) is 8.42 Å². The summed E-state index contributed by atoms with van der Waals surface area (Å²) in [7, 11) is -3.16. The SMILES string of the molecule is O=S(=O)(CCC1CCNCC1)c1ccc(Cl)cc1. The van der Waals surface area contributed by atoms with Gasteiger partial charge < -0.3 is 5.32 Å². The Bertz CT molecular complexity index is 478. The lowest BCUT2D eigenvalue weighted by Crippen LogP contribution is -2.28. The number of sulfone groups is 1. The third-order valence-corrected chi connectivity index (χ3v) is 5.44. The average molecular weight is 288 g/mol. The van der Waals surface area contributed by atoms with Crippen LogP contribution < -0.4 is 5.32 Å². The maximum absolute atomic E-state index is 12.1. The van der Waals surface area contributed by atoms with E-state index in [1.807, 2.05) is 0 Å². The molecule has 0 spiro atoms. The molecule has 1 saturated heterocycles. The van der Waals surface area contributed by atoms with E-state index in [2.05, 4.69) is 5.32 Å². The lowest BCUT2D eigenvalue weighted by Gasteiger charge is -2.22. The van der Waals surface area contributed by atoms with Gasteiger partial charge in [0.15, 0.2) is 9.84 Å². The molecule has 0 radical (unpaired) electrons. The molecule has 3 nitrogen and oxygen atoms in total. The van der Waals surface area contributed by atoms with Crippen molar-refractivity contribution in [3.63, 3.8) is 0 Å². The van der Waals surface area contributed by atoms with Crippen LogP contribution >= 0.6 is 11.6 Å². The lowest BCUT2D eigenvalue weighted by molar-refractivity contribution is 0.365. The summed E-state index contributed by atoms with van der Waals surface area (Å²) < 4.78 is 24.3. The minimum atomic E-state index is -3.16. The van der Waals surface area contributed by atoms with Crippen molar-refractivity contribution >= 4 is 21.4 Å².